The van der Waals surface area contributed by atoms with Crippen LogP contribution in [0.25, 0.3) is 10.9 Å². The van der Waals surface area contributed by atoms with Gasteiger partial charge < -0.3 is 4.18 Å². The Morgan fingerprint density at radius 1 is 0.846 bits per heavy atom. The van der Waals surface area contributed by atoms with Crippen LogP contribution in [-0.2, 0) is 20.1 Å². The third-order valence-corrected chi connectivity index (χ3v) is 6.08. The number of nitrogens with zero attached hydrogens (tertiary/aromatic N) is 1. The molecule has 0 aliphatic heterocycles. The second kappa shape index (κ2) is 6.02. The molecular weight excluding hydrogens is 395 g/mol. The minimum atomic E-state index is -6.05. The fraction of sp³-hybridized carbons (Fsp3) is 0.0667. The van der Waals surface area contributed by atoms with Crippen LogP contribution in [0.5, 0.6) is 5.88 Å². The van der Waals surface area contributed by atoms with Crippen LogP contribution < -0.4 is 4.18 Å². The van der Waals surface area contributed by atoms with Crippen molar-refractivity contribution in [3.63, 3.8) is 0 Å². The lowest BCUT2D eigenvalue weighted by Crippen LogP contribution is -2.29. The van der Waals surface area contributed by atoms with Crippen LogP contribution in [0.1, 0.15) is 0 Å². The van der Waals surface area contributed by atoms with Gasteiger partial charge in [-0.05, 0) is 18.2 Å². The maximum atomic E-state index is 12.9. The summed E-state index contributed by atoms with van der Waals surface area (Å²) in [4.78, 5) is -0.240. The number of halogens is 3. The molecule has 3 rings (SSSR count). The number of fused-ring (bicyclic) bond motifs is 1. The molecule has 0 atom stereocenters. The summed E-state index contributed by atoms with van der Waals surface area (Å²) in [7, 11) is -10.5. The smallest absolute Gasteiger partial charge is 0.356 e. The predicted octanol–water partition coefficient (Wildman–Crippen LogP) is 3.11. The van der Waals surface area contributed by atoms with Gasteiger partial charge in [0, 0.05) is 11.5 Å². The highest BCUT2D eigenvalue weighted by atomic mass is 32.2. The van der Waals surface area contributed by atoms with Crippen LogP contribution in [0, 0.1) is 0 Å². The van der Waals surface area contributed by atoms with E-state index in [0.717, 1.165) is 6.07 Å². The molecular formula is C15H10F3NO5S2. The molecule has 3 aromatic rings. The molecule has 0 spiro atoms. The van der Waals surface area contributed by atoms with Crippen molar-refractivity contribution in [2.24, 2.45) is 0 Å². The van der Waals surface area contributed by atoms with Gasteiger partial charge in [0.2, 0.25) is 5.88 Å². The minimum absolute atomic E-state index is 0.0243. The first-order chi connectivity index (χ1) is 12.0. The zero-order valence-electron chi connectivity index (χ0n) is 12.7. The third kappa shape index (κ3) is 3.03. The Labute approximate surface area is 146 Å². The molecule has 2 aromatic carbocycles. The van der Waals surface area contributed by atoms with Gasteiger partial charge >= 0.3 is 15.6 Å². The lowest BCUT2D eigenvalue weighted by atomic mass is 10.3. The average molecular weight is 405 g/mol. The van der Waals surface area contributed by atoms with E-state index in [-0.39, 0.29) is 15.8 Å². The largest absolute Gasteiger partial charge is 0.534 e. The van der Waals surface area contributed by atoms with E-state index in [4.69, 9.17) is 0 Å². The van der Waals surface area contributed by atoms with Gasteiger partial charge in [0.15, 0.2) is 0 Å². The number of hydrogen-bond acceptors (Lipinski definition) is 5. The maximum Gasteiger partial charge on any atom is 0.534 e. The van der Waals surface area contributed by atoms with Gasteiger partial charge in [-0.2, -0.15) is 21.6 Å². The summed E-state index contributed by atoms with van der Waals surface area (Å²) in [6.07, 6.45) is 0. The van der Waals surface area contributed by atoms with Crippen LogP contribution in [-0.4, -0.2) is 26.3 Å². The second-order valence-corrected chi connectivity index (χ2v) is 8.43. The molecule has 0 aliphatic carbocycles. The van der Waals surface area contributed by atoms with Crippen LogP contribution in [0.15, 0.2) is 65.6 Å². The molecule has 6 nitrogen and oxygen atoms in total. The number of aromatic nitrogens is 1. The number of benzene rings is 2. The lowest BCUT2D eigenvalue weighted by Gasteiger charge is -2.13. The van der Waals surface area contributed by atoms with Crippen molar-refractivity contribution in [3.05, 3.63) is 60.7 Å². The number of alkyl halides is 3. The molecule has 0 bridgehead atoms. The van der Waals surface area contributed by atoms with E-state index in [1.165, 1.54) is 48.5 Å². The van der Waals surface area contributed by atoms with Crippen molar-refractivity contribution in [1.82, 2.24) is 3.97 Å². The van der Waals surface area contributed by atoms with Crippen LogP contribution in [0.2, 0.25) is 0 Å². The van der Waals surface area contributed by atoms with Crippen molar-refractivity contribution in [2.45, 2.75) is 10.4 Å². The Morgan fingerprint density at radius 2 is 1.42 bits per heavy atom. The number of hydrogen-bond donors (Lipinski definition) is 0. The molecule has 11 heteroatoms. The molecule has 0 N–H and O–H groups in total. The van der Waals surface area contributed by atoms with Gasteiger partial charge in [-0.25, -0.2) is 12.4 Å². The van der Waals surface area contributed by atoms with Crippen molar-refractivity contribution in [2.75, 3.05) is 0 Å². The molecule has 26 heavy (non-hydrogen) atoms. The Morgan fingerprint density at radius 3 is 2.04 bits per heavy atom. The first-order valence-electron chi connectivity index (χ1n) is 6.96. The molecule has 0 saturated heterocycles. The van der Waals surface area contributed by atoms with Crippen LogP contribution >= 0.6 is 0 Å². The highest BCUT2D eigenvalue weighted by Gasteiger charge is 2.49. The third-order valence-electron chi connectivity index (χ3n) is 3.39. The van der Waals surface area contributed by atoms with E-state index in [1.54, 1.807) is 6.07 Å². The Bertz CT molecular complexity index is 1170. The Balaban J connectivity index is 2.28. The van der Waals surface area contributed by atoms with E-state index >= 15 is 0 Å². The first kappa shape index (κ1) is 18.3. The van der Waals surface area contributed by atoms with Crippen LogP contribution in [0.4, 0.5) is 13.2 Å². The molecule has 0 amide bonds. The van der Waals surface area contributed by atoms with E-state index in [9.17, 15) is 30.0 Å². The fourth-order valence-electron chi connectivity index (χ4n) is 2.27. The van der Waals surface area contributed by atoms with Crippen molar-refractivity contribution < 1.29 is 34.2 Å². The average Bonchev–Trinajstić information content (AvgIpc) is 2.92. The molecule has 0 aliphatic rings. The Hall–Kier alpha value is -2.53. The van der Waals surface area contributed by atoms with Crippen molar-refractivity contribution in [3.8, 4) is 5.88 Å². The highest BCUT2D eigenvalue weighted by Crippen LogP contribution is 2.34. The van der Waals surface area contributed by atoms with Gasteiger partial charge in [0.05, 0.1) is 10.4 Å². The first-order valence-corrected chi connectivity index (χ1v) is 9.81. The molecule has 1 aromatic heterocycles. The second-order valence-electron chi connectivity index (χ2n) is 5.11. The lowest BCUT2D eigenvalue weighted by molar-refractivity contribution is -0.0501. The SMILES string of the molecule is O=S(=O)(c1ccccc1)n1c(OS(=O)(=O)C(F)(F)F)cc2ccccc21. The topological polar surface area (TPSA) is 82.4 Å². The monoisotopic (exact) mass is 405 g/mol. The van der Waals surface area contributed by atoms with E-state index in [2.05, 4.69) is 4.18 Å². The zero-order chi connectivity index (χ0) is 19.2. The standard InChI is InChI=1S/C15H10F3NO5S2/c16-15(17,18)26(22,23)24-14-10-11-6-4-5-9-13(11)19(14)25(20,21)12-7-2-1-3-8-12/h1-10H. The normalized spacial score (nSPS) is 13.0. The summed E-state index contributed by atoms with van der Waals surface area (Å²) in [5, 5.41) is 0.194. The summed E-state index contributed by atoms with van der Waals surface area (Å²) in [5.41, 5.74) is -5.73. The van der Waals surface area contributed by atoms with Gasteiger partial charge in [-0.3, -0.25) is 0 Å². The van der Waals surface area contributed by atoms with E-state index in [0.29, 0.717) is 3.97 Å². The summed E-state index contributed by atoms with van der Waals surface area (Å²) < 4.78 is 91.0. The van der Waals surface area contributed by atoms with Gasteiger partial charge in [0.25, 0.3) is 10.0 Å². The number of rotatable bonds is 4. The minimum Gasteiger partial charge on any atom is -0.356 e. The van der Waals surface area contributed by atoms with Crippen molar-refractivity contribution >= 4 is 31.0 Å². The van der Waals surface area contributed by atoms with Crippen molar-refractivity contribution in [1.29, 1.82) is 0 Å². The molecule has 0 fully saturated rings. The number of para-hydroxylation sites is 1. The van der Waals surface area contributed by atoms with E-state index < -0.39 is 31.5 Å². The maximum absolute atomic E-state index is 12.9. The van der Waals surface area contributed by atoms with Gasteiger partial charge in [0.1, 0.15) is 0 Å². The summed E-state index contributed by atoms with van der Waals surface area (Å²) in [6.45, 7) is 0. The zero-order valence-corrected chi connectivity index (χ0v) is 14.3. The Kier molecular flexibility index (Phi) is 4.23. The quantitative estimate of drug-likeness (QED) is 0.492. The van der Waals surface area contributed by atoms with Gasteiger partial charge in [-0.1, -0.05) is 36.4 Å². The summed E-state index contributed by atoms with van der Waals surface area (Å²) >= 11 is 0. The van der Waals surface area contributed by atoms with Crippen LogP contribution in [0.3, 0.4) is 0 Å². The van der Waals surface area contributed by atoms with Gasteiger partial charge in [-0.15, -0.1) is 0 Å². The molecule has 1 heterocycles. The molecule has 138 valence electrons. The summed E-state index contributed by atoms with van der Waals surface area (Å²) in [6, 6.07) is 13.5. The van der Waals surface area contributed by atoms with E-state index in [1.807, 2.05) is 0 Å². The highest BCUT2D eigenvalue weighted by molar-refractivity contribution is 7.90. The predicted molar refractivity (Wildman–Crippen MR) is 86.6 cm³/mol. The fourth-order valence-corrected chi connectivity index (χ4v) is 4.22. The summed E-state index contributed by atoms with van der Waals surface area (Å²) in [5.74, 6) is -0.979. The molecule has 0 saturated carbocycles. The molecule has 0 radical (unpaired) electrons. The molecule has 0 unspecified atom stereocenters.